The topological polar surface area (TPSA) is 64.3 Å². The van der Waals surface area contributed by atoms with E-state index in [0.29, 0.717) is 11.4 Å². The number of hydrogen-bond donors (Lipinski definition) is 2. The Morgan fingerprint density at radius 2 is 1.79 bits per heavy atom. The molecule has 2 aromatic carbocycles. The Kier molecular flexibility index (Phi) is 6.79. The number of carbonyl (C=O) groups is 1. The molecular weight excluding hydrogens is 324 g/mol. The van der Waals surface area contributed by atoms with Crippen LogP contribution in [-0.4, -0.2) is 25.1 Å². The monoisotopic (exact) mass is 346 g/mol. The third-order valence-corrected chi connectivity index (χ3v) is 4.16. The first kappa shape index (κ1) is 18.5. The van der Waals surface area contributed by atoms with Crippen molar-refractivity contribution in [3.8, 4) is 0 Å². The molecule has 0 aliphatic heterocycles. The standard InChI is InChI=1S/C19H23ClN2O2/c1-13(18(24-2)15-8-10-16(20)11-9-15)22-19(23)17(21)12-14-6-4-3-5-7-14/h3-11,13,17-18H,12,21H2,1-2H3,(H,22,23)/t13-,17-,18+/m1/s1. The molecule has 0 radical (unpaired) electrons. The molecule has 0 bridgehead atoms. The van der Waals surface area contributed by atoms with E-state index >= 15 is 0 Å². The van der Waals surface area contributed by atoms with Crippen LogP contribution in [-0.2, 0) is 16.0 Å². The van der Waals surface area contributed by atoms with E-state index in [9.17, 15) is 4.79 Å². The molecule has 2 aromatic rings. The van der Waals surface area contributed by atoms with Crippen LogP contribution in [0.3, 0.4) is 0 Å². The first-order valence-electron chi connectivity index (χ1n) is 7.89. The van der Waals surface area contributed by atoms with Gasteiger partial charge in [0.2, 0.25) is 5.91 Å². The highest BCUT2D eigenvalue weighted by atomic mass is 35.5. The molecule has 0 spiro atoms. The predicted octanol–water partition coefficient (Wildman–Crippen LogP) is 3.10. The lowest BCUT2D eigenvalue weighted by molar-refractivity contribution is -0.124. The third kappa shape index (κ3) is 5.06. The van der Waals surface area contributed by atoms with E-state index in [1.54, 1.807) is 19.2 Å². The molecule has 3 N–H and O–H groups in total. The van der Waals surface area contributed by atoms with Gasteiger partial charge in [0.05, 0.1) is 12.1 Å². The molecule has 0 aliphatic rings. The number of benzene rings is 2. The highest BCUT2D eigenvalue weighted by Gasteiger charge is 2.23. The number of hydrogen-bond acceptors (Lipinski definition) is 3. The molecule has 3 atom stereocenters. The van der Waals surface area contributed by atoms with E-state index in [4.69, 9.17) is 22.1 Å². The normalized spacial score (nSPS) is 14.7. The summed E-state index contributed by atoms with van der Waals surface area (Å²) < 4.78 is 5.54. The molecule has 0 fully saturated rings. The van der Waals surface area contributed by atoms with Crippen molar-refractivity contribution < 1.29 is 9.53 Å². The summed E-state index contributed by atoms with van der Waals surface area (Å²) >= 11 is 5.91. The number of methoxy groups -OCH3 is 1. The average molecular weight is 347 g/mol. The zero-order chi connectivity index (χ0) is 17.5. The average Bonchev–Trinajstić information content (AvgIpc) is 2.58. The number of amides is 1. The van der Waals surface area contributed by atoms with E-state index < -0.39 is 6.04 Å². The molecule has 24 heavy (non-hydrogen) atoms. The Morgan fingerprint density at radius 1 is 1.17 bits per heavy atom. The fraction of sp³-hybridized carbons (Fsp3) is 0.316. The Bertz CT molecular complexity index is 646. The Labute approximate surface area is 148 Å². The molecule has 0 saturated carbocycles. The van der Waals surface area contributed by atoms with Crippen LogP contribution in [0, 0.1) is 0 Å². The minimum absolute atomic E-state index is 0.192. The number of ether oxygens (including phenoxy) is 1. The molecule has 0 aromatic heterocycles. The fourth-order valence-corrected chi connectivity index (χ4v) is 2.78. The predicted molar refractivity (Wildman–Crippen MR) is 96.9 cm³/mol. The largest absolute Gasteiger partial charge is 0.375 e. The summed E-state index contributed by atoms with van der Waals surface area (Å²) in [6.45, 7) is 1.90. The first-order valence-corrected chi connectivity index (χ1v) is 8.27. The van der Waals surface area contributed by atoms with Gasteiger partial charge in [-0.3, -0.25) is 4.79 Å². The van der Waals surface area contributed by atoms with Gasteiger partial charge in [-0.05, 0) is 36.6 Å². The van der Waals surface area contributed by atoms with Gasteiger partial charge in [-0.25, -0.2) is 0 Å². The van der Waals surface area contributed by atoms with Gasteiger partial charge >= 0.3 is 0 Å². The van der Waals surface area contributed by atoms with Gasteiger partial charge in [-0.15, -0.1) is 0 Å². The van der Waals surface area contributed by atoms with Crippen LogP contribution in [0.4, 0.5) is 0 Å². The lowest BCUT2D eigenvalue weighted by Crippen LogP contribution is -2.47. The number of carbonyl (C=O) groups excluding carboxylic acids is 1. The summed E-state index contributed by atoms with van der Waals surface area (Å²) in [6.07, 6.45) is 0.230. The van der Waals surface area contributed by atoms with Crippen molar-refractivity contribution in [1.82, 2.24) is 5.32 Å². The van der Waals surface area contributed by atoms with Crippen molar-refractivity contribution in [3.63, 3.8) is 0 Å². The van der Waals surface area contributed by atoms with Gasteiger partial charge in [0, 0.05) is 12.1 Å². The Balaban J connectivity index is 1.97. The second-order valence-corrected chi connectivity index (χ2v) is 6.24. The molecule has 0 aliphatic carbocycles. The SMILES string of the molecule is CO[C@H](c1ccc(Cl)cc1)[C@@H](C)NC(=O)[C@H](N)Cc1ccccc1. The molecule has 5 heteroatoms. The van der Waals surface area contributed by atoms with Gasteiger partial charge in [-0.2, -0.15) is 0 Å². The van der Waals surface area contributed by atoms with Crippen LogP contribution >= 0.6 is 11.6 Å². The van der Waals surface area contributed by atoms with Gasteiger partial charge in [0.1, 0.15) is 6.10 Å². The molecular formula is C19H23ClN2O2. The fourth-order valence-electron chi connectivity index (χ4n) is 2.65. The molecule has 1 amide bonds. The summed E-state index contributed by atoms with van der Waals surface area (Å²) in [5, 5.41) is 3.60. The maximum absolute atomic E-state index is 12.4. The number of rotatable bonds is 7. The van der Waals surface area contributed by atoms with E-state index in [0.717, 1.165) is 11.1 Å². The van der Waals surface area contributed by atoms with Gasteiger partial charge in [0.15, 0.2) is 0 Å². The summed E-state index contributed by atoms with van der Waals surface area (Å²) in [4.78, 5) is 12.4. The molecule has 0 saturated heterocycles. The molecule has 0 unspecified atom stereocenters. The van der Waals surface area contributed by atoms with E-state index in [1.165, 1.54) is 0 Å². The highest BCUT2D eigenvalue weighted by molar-refractivity contribution is 6.30. The van der Waals surface area contributed by atoms with Crippen molar-refractivity contribution in [1.29, 1.82) is 0 Å². The Morgan fingerprint density at radius 3 is 2.38 bits per heavy atom. The van der Waals surface area contributed by atoms with Crippen molar-refractivity contribution in [2.24, 2.45) is 5.73 Å². The van der Waals surface area contributed by atoms with Crippen LogP contribution in [0.5, 0.6) is 0 Å². The summed E-state index contributed by atoms with van der Waals surface area (Å²) in [7, 11) is 1.62. The van der Waals surface area contributed by atoms with Crippen LogP contribution in [0.2, 0.25) is 5.02 Å². The van der Waals surface area contributed by atoms with Gasteiger partial charge in [-0.1, -0.05) is 54.1 Å². The van der Waals surface area contributed by atoms with E-state index in [2.05, 4.69) is 5.32 Å². The van der Waals surface area contributed by atoms with Gasteiger partial charge in [0.25, 0.3) is 0 Å². The second-order valence-electron chi connectivity index (χ2n) is 5.80. The number of nitrogens with two attached hydrogens (primary N) is 1. The van der Waals surface area contributed by atoms with Crippen molar-refractivity contribution in [2.45, 2.75) is 31.5 Å². The van der Waals surface area contributed by atoms with Gasteiger partial charge < -0.3 is 15.8 Å². The lowest BCUT2D eigenvalue weighted by atomic mass is 10.0. The van der Waals surface area contributed by atoms with Crippen LogP contribution in [0.25, 0.3) is 0 Å². The molecule has 0 heterocycles. The Hall–Kier alpha value is -1.88. The first-order chi connectivity index (χ1) is 11.5. The van der Waals surface area contributed by atoms with Crippen LogP contribution < -0.4 is 11.1 Å². The third-order valence-electron chi connectivity index (χ3n) is 3.91. The summed E-state index contributed by atoms with van der Waals surface area (Å²) in [5.74, 6) is -0.192. The van der Waals surface area contributed by atoms with E-state index in [1.807, 2.05) is 49.4 Å². The molecule has 128 valence electrons. The minimum Gasteiger partial charge on any atom is -0.375 e. The molecule has 4 nitrogen and oxygen atoms in total. The minimum atomic E-state index is -0.599. The number of nitrogens with one attached hydrogen (secondary N) is 1. The van der Waals surface area contributed by atoms with Crippen molar-refractivity contribution in [3.05, 3.63) is 70.7 Å². The lowest BCUT2D eigenvalue weighted by Gasteiger charge is -2.25. The number of halogens is 1. The summed E-state index contributed by atoms with van der Waals surface area (Å²) in [5.41, 5.74) is 8.01. The summed E-state index contributed by atoms with van der Waals surface area (Å²) in [6, 6.07) is 16.3. The van der Waals surface area contributed by atoms with Crippen LogP contribution in [0.1, 0.15) is 24.2 Å². The molecule has 2 rings (SSSR count). The smallest absolute Gasteiger partial charge is 0.237 e. The zero-order valence-electron chi connectivity index (χ0n) is 13.9. The van der Waals surface area contributed by atoms with Crippen molar-refractivity contribution >= 4 is 17.5 Å². The van der Waals surface area contributed by atoms with Crippen LogP contribution in [0.15, 0.2) is 54.6 Å². The quantitative estimate of drug-likeness (QED) is 0.809. The maximum Gasteiger partial charge on any atom is 0.237 e. The highest BCUT2D eigenvalue weighted by Crippen LogP contribution is 2.22. The maximum atomic E-state index is 12.4. The van der Waals surface area contributed by atoms with Crippen molar-refractivity contribution in [2.75, 3.05) is 7.11 Å². The second kappa shape index (κ2) is 8.83. The van der Waals surface area contributed by atoms with E-state index in [-0.39, 0.29) is 18.1 Å². The zero-order valence-corrected chi connectivity index (χ0v) is 14.7.